The minimum Gasteiger partial charge on any atom is -0.496 e. The molecule has 11 heteroatoms. The van der Waals surface area contributed by atoms with Crippen LogP contribution in [0.15, 0.2) is 36.4 Å². The molecule has 0 radical (unpaired) electrons. The first kappa shape index (κ1) is 18.4. The SMILES string of the molecule is COc1cc([N+](=O)[O-])ccc1P(=O)(O)c1ccc([N+](=O)[O-])cc1OC. The molecule has 0 heterocycles. The van der Waals surface area contributed by atoms with Crippen LogP contribution >= 0.6 is 7.37 Å². The van der Waals surface area contributed by atoms with E-state index in [0.717, 1.165) is 36.4 Å². The van der Waals surface area contributed by atoms with Crippen molar-refractivity contribution in [3.63, 3.8) is 0 Å². The molecule has 0 amide bonds. The van der Waals surface area contributed by atoms with Gasteiger partial charge < -0.3 is 14.4 Å². The Kier molecular flexibility index (Phi) is 5.05. The smallest absolute Gasteiger partial charge is 0.273 e. The van der Waals surface area contributed by atoms with Gasteiger partial charge in [-0.2, -0.15) is 0 Å². The monoisotopic (exact) mass is 368 g/mol. The van der Waals surface area contributed by atoms with Gasteiger partial charge in [-0.15, -0.1) is 0 Å². The highest BCUT2D eigenvalue weighted by Gasteiger charge is 2.33. The summed E-state index contributed by atoms with van der Waals surface area (Å²) in [6, 6.07) is 6.40. The average molecular weight is 368 g/mol. The van der Waals surface area contributed by atoms with Gasteiger partial charge in [0, 0.05) is 12.1 Å². The van der Waals surface area contributed by atoms with E-state index >= 15 is 0 Å². The van der Waals surface area contributed by atoms with Crippen molar-refractivity contribution in [1.82, 2.24) is 0 Å². The van der Waals surface area contributed by atoms with Crippen molar-refractivity contribution in [3.8, 4) is 11.5 Å². The van der Waals surface area contributed by atoms with Crippen molar-refractivity contribution >= 4 is 29.4 Å². The third-order valence-corrected chi connectivity index (χ3v) is 5.45. The van der Waals surface area contributed by atoms with Crippen molar-refractivity contribution in [2.24, 2.45) is 0 Å². The number of nitro groups is 2. The van der Waals surface area contributed by atoms with Crippen LogP contribution in [0.2, 0.25) is 0 Å². The van der Waals surface area contributed by atoms with Crippen molar-refractivity contribution in [2.75, 3.05) is 14.2 Å². The summed E-state index contributed by atoms with van der Waals surface area (Å²) in [6.45, 7) is 0. The van der Waals surface area contributed by atoms with E-state index < -0.39 is 17.2 Å². The van der Waals surface area contributed by atoms with Crippen LogP contribution in [0, 0.1) is 20.2 Å². The third kappa shape index (κ3) is 3.44. The first-order valence-corrected chi connectivity index (χ1v) is 8.37. The van der Waals surface area contributed by atoms with Gasteiger partial charge in [0.1, 0.15) is 11.5 Å². The van der Waals surface area contributed by atoms with E-state index in [1.807, 2.05) is 0 Å². The Labute approximate surface area is 141 Å². The zero-order chi connectivity index (χ0) is 18.8. The second-order valence-corrected chi connectivity index (χ2v) is 6.92. The lowest BCUT2D eigenvalue weighted by Crippen LogP contribution is -2.19. The molecule has 0 aliphatic rings. The van der Waals surface area contributed by atoms with E-state index in [9.17, 15) is 29.7 Å². The molecule has 0 atom stereocenters. The van der Waals surface area contributed by atoms with Crippen molar-refractivity contribution in [2.45, 2.75) is 0 Å². The molecule has 0 saturated carbocycles. The predicted octanol–water partition coefficient (Wildman–Crippen LogP) is 1.74. The molecular weight excluding hydrogens is 355 g/mol. The lowest BCUT2D eigenvalue weighted by atomic mass is 10.3. The Morgan fingerprint density at radius 2 is 1.24 bits per heavy atom. The van der Waals surface area contributed by atoms with Crippen LogP contribution in [0.1, 0.15) is 0 Å². The fraction of sp³-hybridized carbons (Fsp3) is 0.143. The fourth-order valence-electron chi connectivity index (χ4n) is 2.19. The summed E-state index contributed by atoms with van der Waals surface area (Å²) in [5.41, 5.74) is -0.618. The van der Waals surface area contributed by atoms with E-state index in [2.05, 4.69) is 0 Å². The summed E-state index contributed by atoms with van der Waals surface area (Å²) in [7, 11) is -1.89. The van der Waals surface area contributed by atoms with Crippen molar-refractivity contribution in [3.05, 3.63) is 56.6 Å². The number of hydrogen-bond donors (Lipinski definition) is 1. The summed E-state index contributed by atoms with van der Waals surface area (Å²) >= 11 is 0. The largest absolute Gasteiger partial charge is 0.496 e. The first-order chi connectivity index (χ1) is 11.7. The lowest BCUT2D eigenvalue weighted by Gasteiger charge is -2.17. The molecule has 2 aromatic rings. The number of benzene rings is 2. The topological polar surface area (TPSA) is 142 Å². The minimum atomic E-state index is -4.30. The molecule has 0 fully saturated rings. The number of ether oxygens (including phenoxy) is 2. The van der Waals surface area contributed by atoms with Crippen LogP contribution < -0.4 is 20.1 Å². The third-order valence-electron chi connectivity index (χ3n) is 3.40. The second-order valence-electron chi connectivity index (χ2n) is 4.80. The fourth-order valence-corrected chi connectivity index (χ4v) is 3.91. The summed E-state index contributed by atoms with van der Waals surface area (Å²) in [6.07, 6.45) is 0. The Morgan fingerprint density at radius 3 is 1.52 bits per heavy atom. The summed E-state index contributed by atoms with van der Waals surface area (Å²) in [5, 5.41) is 21.3. The normalized spacial score (nSPS) is 11.0. The number of hydrogen-bond acceptors (Lipinski definition) is 7. The number of nitro benzene ring substituents is 2. The highest BCUT2D eigenvalue weighted by Crippen LogP contribution is 2.45. The van der Waals surface area contributed by atoms with E-state index in [1.54, 1.807) is 0 Å². The number of nitrogens with zero attached hydrogens (tertiary/aromatic N) is 2. The molecule has 0 aromatic heterocycles. The Balaban J connectivity index is 2.64. The Bertz CT molecular complexity index is 829. The molecule has 2 rings (SSSR count). The molecule has 132 valence electrons. The van der Waals surface area contributed by atoms with E-state index in [4.69, 9.17) is 9.47 Å². The van der Waals surface area contributed by atoms with E-state index in [0.29, 0.717) is 0 Å². The lowest BCUT2D eigenvalue weighted by molar-refractivity contribution is -0.385. The predicted molar refractivity (Wildman–Crippen MR) is 88.4 cm³/mol. The van der Waals surface area contributed by atoms with Crippen LogP contribution in [0.3, 0.4) is 0 Å². The van der Waals surface area contributed by atoms with Gasteiger partial charge in [-0.3, -0.25) is 24.8 Å². The molecule has 25 heavy (non-hydrogen) atoms. The van der Waals surface area contributed by atoms with E-state index in [1.165, 1.54) is 14.2 Å². The van der Waals surface area contributed by atoms with Crippen LogP contribution in [0.25, 0.3) is 0 Å². The van der Waals surface area contributed by atoms with Gasteiger partial charge >= 0.3 is 0 Å². The number of non-ortho nitro benzene ring substituents is 2. The number of rotatable bonds is 6. The van der Waals surface area contributed by atoms with Gasteiger partial charge in [0.25, 0.3) is 18.7 Å². The maximum Gasteiger partial charge on any atom is 0.273 e. The molecule has 0 bridgehead atoms. The molecule has 2 aromatic carbocycles. The Hall–Kier alpha value is -2.97. The maximum absolute atomic E-state index is 13.0. The van der Waals surface area contributed by atoms with E-state index in [-0.39, 0.29) is 33.5 Å². The van der Waals surface area contributed by atoms with Crippen LogP contribution in [0.5, 0.6) is 11.5 Å². The van der Waals surface area contributed by atoms with Gasteiger partial charge in [-0.1, -0.05) is 0 Å². The Morgan fingerprint density at radius 1 is 0.880 bits per heavy atom. The zero-order valence-electron chi connectivity index (χ0n) is 13.1. The molecule has 0 saturated heterocycles. The van der Waals surface area contributed by atoms with Gasteiger partial charge in [0.2, 0.25) is 0 Å². The standard InChI is InChI=1S/C14H13N2O8P/c1-23-11-7-9(15(17)18)3-5-13(11)25(21,22)14-6-4-10(16(19)20)8-12(14)24-2/h3-8H,1-2H3,(H,21,22). The van der Waals surface area contributed by atoms with Crippen molar-refractivity contribution in [1.29, 1.82) is 0 Å². The molecule has 0 spiro atoms. The molecule has 0 aliphatic carbocycles. The summed E-state index contributed by atoms with van der Waals surface area (Å²) in [5.74, 6) is -0.305. The molecule has 1 N–H and O–H groups in total. The molecular formula is C14H13N2O8P. The summed E-state index contributed by atoms with van der Waals surface area (Å²) < 4.78 is 23.0. The van der Waals surface area contributed by atoms with Crippen LogP contribution in [-0.2, 0) is 4.57 Å². The number of methoxy groups -OCH3 is 2. The molecule has 10 nitrogen and oxygen atoms in total. The molecule has 0 aliphatic heterocycles. The quantitative estimate of drug-likeness (QED) is 0.461. The van der Waals surface area contributed by atoms with Crippen LogP contribution in [0.4, 0.5) is 11.4 Å². The second kappa shape index (κ2) is 6.88. The summed E-state index contributed by atoms with van der Waals surface area (Å²) in [4.78, 5) is 30.9. The highest BCUT2D eigenvalue weighted by molar-refractivity contribution is 7.73. The van der Waals surface area contributed by atoms with Gasteiger partial charge in [0.05, 0.1) is 46.8 Å². The van der Waals surface area contributed by atoms with Gasteiger partial charge in [0.15, 0.2) is 0 Å². The first-order valence-electron chi connectivity index (χ1n) is 6.71. The molecule has 0 unspecified atom stereocenters. The highest BCUT2D eigenvalue weighted by atomic mass is 31.2. The zero-order valence-corrected chi connectivity index (χ0v) is 14.0. The average Bonchev–Trinajstić information content (AvgIpc) is 2.60. The minimum absolute atomic E-state index is 0.152. The van der Waals surface area contributed by atoms with Crippen molar-refractivity contribution < 1.29 is 28.8 Å². The van der Waals surface area contributed by atoms with Gasteiger partial charge in [-0.25, -0.2) is 0 Å². The van der Waals surface area contributed by atoms with Crippen LogP contribution in [-0.4, -0.2) is 29.0 Å². The van der Waals surface area contributed by atoms with Gasteiger partial charge in [-0.05, 0) is 12.1 Å². The maximum atomic E-state index is 13.0.